The maximum Gasteiger partial charge on any atom is 0.245 e. The molecule has 1 aliphatic heterocycles. The molecule has 25 heavy (non-hydrogen) atoms. The van der Waals surface area contributed by atoms with E-state index in [9.17, 15) is 9.59 Å². The van der Waals surface area contributed by atoms with Crippen LogP contribution < -0.4 is 0 Å². The first-order valence-electron chi connectivity index (χ1n) is 8.05. The van der Waals surface area contributed by atoms with Gasteiger partial charge in [-0.2, -0.15) is 0 Å². The fraction of sp³-hybridized carbons (Fsp3) is 0.333. The second kappa shape index (κ2) is 7.19. The number of halogens is 1. The van der Waals surface area contributed by atoms with Crippen molar-refractivity contribution in [2.75, 3.05) is 6.54 Å². The summed E-state index contributed by atoms with van der Waals surface area (Å²) in [6.07, 6.45) is 3.29. The third kappa shape index (κ3) is 3.79. The molecule has 0 saturated carbocycles. The van der Waals surface area contributed by atoms with Crippen LogP contribution in [0.4, 0.5) is 0 Å². The molecule has 1 fully saturated rings. The number of hydrogen-bond donors (Lipinski definition) is 0. The summed E-state index contributed by atoms with van der Waals surface area (Å²) in [6, 6.07) is 6.79. The molecule has 2 aromatic rings. The number of hydrogen-bond acceptors (Lipinski definition) is 4. The summed E-state index contributed by atoms with van der Waals surface area (Å²) in [6.45, 7) is 4.22. The fourth-order valence-corrected chi connectivity index (χ4v) is 3.01. The van der Waals surface area contributed by atoms with E-state index in [2.05, 4.69) is 9.97 Å². The summed E-state index contributed by atoms with van der Waals surface area (Å²) in [5.74, 6) is -0.207. The Bertz CT molecular complexity index is 794. The lowest BCUT2D eigenvalue weighted by molar-refractivity contribution is -0.156. The van der Waals surface area contributed by atoms with E-state index in [-0.39, 0.29) is 24.9 Å². The summed E-state index contributed by atoms with van der Waals surface area (Å²) >= 11 is 6.16. The van der Waals surface area contributed by atoms with Crippen molar-refractivity contribution in [2.45, 2.75) is 33.0 Å². The van der Waals surface area contributed by atoms with Gasteiger partial charge in [-0.05, 0) is 25.5 Å². The molecule has 0 bridgehead atoms. The first-order chi connectivity index (χ1) is 12.0. The maximum absolute atomic E-state index is 12.7. The molecule has 3 rings (SSSR count). The molecule has 1 aliphatic rings. The van der Waals surface area contributed by atoms with Crippen LogP contribution in [0.1, 0.15) is 23.9 Å². The van der Waals surface area contributed by atoms with Gasteiger partial charge in [-0.1, -0.05) is 29.8 Å². The molecule has 130 valence electrons. The van der Waals surface area contributed by atoms with Gasteiger partial charge >= 0.3 is 0 Å². The molecule has 0 aliphatic carbocycles. The number of carbonyl (C=O) groups excluding carboxylic acids is 2. The molecule has 1 atom stereocenters. The van der Waals surface area contributed by atoms with Gasteiger partial charge in [-0.3, -0.25) is 19.6 Å². The van der Waals surface area contributed by atoms with Gasteiger partial charge < -0.3 is 9.80 Å². The van der Waals surface area contributed by atoms with Crippen LogP contribution in [-0.4, -0.2) is 44.2 Å². The third-order valence-corrected chi connectivity index (χ3v) is 4.64. The number of carbonyl (C=O) groups is 2. The zero-order valence-electron chi connectivity index (χ0n) is 14.1. The highest BCUT2D eigenvalue weighted by Gasteiger charge is 2.36. The van der Waals surface area contributed by atoms with Gasteiger partial charge in [-0.25, -0.2) is 0 Å². The zero-order valence-corrected chi connectivity index (χ0v) is 14.9. The molecule has 6 nitrogen and oxygen atoms in total. The SMILES string of the molecule is Cc1cnc(CN2C(=O)CN(Cc3ccccc3Cl)C(=O)[C@@H]2C)cn1. The predicted molar refractivity (Wildman–Crippen MR) is 93.7 cm³/mol. The van der Waals surface area contributed by atoms with Gasteiger partial charge in [0.25, 0.3) is 0 Å². The number of aryl methyl sites for hydroxylation is 1. The Morgan fingerprint density at radius 2 is 1.92 bits per heavy atom. The Morgan fingerprint density at radius 1 is 1.16 bits per heavy atom. The molecule has 0 radical (unpaired) electrons. The van der Waals surface area contributed by atoms with Gasteiger partial charge in [0.2, 0.25) is 11.8 Å². The molecule has 2 heterocycles. The van der Waals surface area contributed by atoms with Gasteiger partial charge in [0.1, 0.15) is 12.6 Å². The molecule has 2 amide bonds. The highest BCUT2D eigenvalue weighted by Crippen LogP contribution is 2.21. The fourth-order valence-electron chi connectivity index (χ4n) is 2.81. The van der Waals surface area contributed by atoms with Gasteiger partial charge in [0.05, 0.1) is 24.1 Å². The monoisotopic (exact) mass is 358 g/mol. The van der Waals surface area contributed by atoms with Crippen molar-refractivity contribution in [2.24, 2.45) is 0 Å². The van der Waals surface area contributed by atoms with E-state index in [1.54, 1.807) is 35.2 Å². The van der Waals surface area contributed by atoms with Gasteiger partial charge in [0, 0.05) is 17.8 Å². The second-order valence-corrected chi connectivity index (χ2v) is 6.54. The van der Waals surface area contributed by atoms with E-state index in [0.717, 1.165) is 11.3 Å². The Hall–Kier alpha value is -2.47. The molecule has 1 saturated heterocycles. The second-order valence-electron chi connectivity index (χ2n) is 6.13. The molecule has 0 unspecified atom stereocenters. The van der Waals surface area contributed by atoms with Crippen LogP contribution in [0, 0.1) is 6.92 Å². The summed E-state index contributed by atoms with van der Waals surface area (Å²) in [5, 5.41) is 0.591. The quantitative estimate of drug-likeness (QED) is 0.840. The highest BCUT2D eigenvalue weighted by atomic mass is 35.5. The summed E-state index contributed by atoms with van der Waals surface area (Å²) in [4.78, 5) is 36.8. The topological polar surface area (TPSA) is 66.4 Å². The lowest BCUT2D eigenvalue weighted by Gasteiger charge is -2.38. The smallest absolute Gasteiger partial charge is 0.245 e. The molecular weight excluding hydrogens is 340 g/mol. The van der Waals surface area contributed by atoms with Crippen LogP contribution in [0.15, 0.2) is 36.7 Å². The van der Waals surface area contributed by atoms with Crippen molar-refractivity contribution in [3.8, 4) is 0 Å². The Morgan fingerprint density at radius 3 is 2.60 bits per heavy atom. The van der Waals surface area contributed by atoms with E-state index in [1.165, 1.54) is 0 Å². The highest BCUT2D eigenvalue weighted by molar-refractivity contribution is 6.31. The maximum atomic E-state index is 12.7. The van der Waals surface area contributed by atoms with Gasteiger partial charge in [-0.15, -0.1) is 0 Å². The van der Waals surface area contributed by atoms with Crippen molar-refractivity contribution >= 4 is 23.4 Å². The average molecular weight is 359 g/mol. The number of nitrogens with zero attached hydrogens (tertiary/aromatic N) is 4. The minimum Gasteiger partial charge on any atom is -0.327 e. The minimum absolute atomic E-state index is 0.0354. The number of piperazine rings is 1. The number of rotatable bonds is 4. The van der Waals surface area contributed by atoms with E-state index in [4.69, 9.17) is 11.6 Å². The largest absolute Gasteiger partial charge is 0.327 e. The van der Waals surface area contributed by atoms with E-state index in [1.807, 2.05) is 25.1 Å². The predicted octanol–water partition coefficient (Wildman–Crippen LogP) is 2.20. The van der Waals surface area contributed by atoms with Crippen LogP contribution in [-0.2, 0) is 22.7 Å². The minimum atomic E-state index is -0.549. The Balaban J connectivity index is 1.73. The zero-order chi connectivity index (χ0) is 18.0. The molecule has 7 heteroatoms. The molecule has 0 spiro atoms. The molecule has 1 aromatic heterocycles. The van der Waals surface area contributed by atoms with Crippen molar-refractivity contribution in [3.05, 3.63) is 58.6 Å². The van der Waals surface area contributed by atoms with Crippen molar-refractivity contribution in [3.63, 3.8) is 0 Å². The number of aromatic nitrogens is 2. The van der Waals surface area contributed by atoms with Crippen LogP contribution >= 0.6 is 11.6 Å². The van der Waals surface area contributed by atoms with Crippen LogP contribution in [0.2, 0.25) is 5.02 Å². The first-order valence-corrected chi connectivity index (χ1v) is 8.42. The normalized spacial score (nSPS) is 18.0. The summed E-state index contributed by atoms with van der Waals surface area (Å²) < 4.78 is 0. The van der Waals surface area contributed by atoms with Crippen LogP contribution in [0.5, 0.6) is 0 Å². The van der Waals surface area contributed by atoms with Crippen LogP contribution in [0.3, 0.4) is 0 Å². The summed E-state index contributed by atoms with van der Waals surface area (Å²) in [7, 11) is 0. The first kappa shape index (κ1) is 17.4. The van der Waals surface area contributed by atoms with Gasteiger partial charge in [0.15, 0.2) is 0 Å². The Kier molecular flexibility index (Phi) is 4.99. The Labute approximate surface area is 151 Å². The third-order valence-electron chi connectivity index (χ3n) is 4.27. The van der Waals surface area contributed by atoms with Crippen molar-refractivity contribution in [1.82, 2.24) is 19.8 Å². The number of benzene rings is 1. The summed E-state index contributed by atoms with van der Waals surface area (Å²) in [5.41, 5.74) is 2.30. The number of amides is 2. The van der Waals surface area contributed by atoms with Crippen molar-refractivity contribution in [1.29, 1.82) is 0 Å². The molecule has 1 aromatic carbocycles. The van der Waals surface area contributed by atoms with E-state index in [0.29, 0.717) is 17.3 Å². The molecule has 0 N–H and O–H groups in total. The molecular formula is C18H19ClN4O2. The standard InChI is InChI=1S/C18H19ClN4O2/c1-12-7-21-15(8-20-12)10-23-13(2)18(25)22(11-17(23)24)9-14-5-3-4-6-16(14)19/h3-8,13H,9-11H2,1-2H3/t13-/m0/s1. The lowest BCUT2D eigenvalue weighted by atomic mass is 10.1. The van der Waals surface area contributed by atoms with E-state index >= 15 is 0 Å². The van der Waals surface area contributed by atoms with Crippen molar-refractivity contribution < 1.29 is 9.59 Å². The van der Waals surface area contributed by atoms with E-state index < -0.39 is 6.04 Å². The lowest BCUT2D eigenvalue weighted by Crippen LogP contribution is -2.58. The van der Waals surface area contributed by atoms with Crippen LogP contribution in [0.25, 0.3) is 0 Å². The average Bonchev–Trinajstić information content (AvgIpc) is 2.60.